The molecule has 0 saturated carbocycles. The van der Waals surface area contributed by atoms with E-state index < -0.39 is 6.10 Å². The summed E-state index contributed by atoms with van der Waals surface area (Å²) in [5.74, 6) is -0.0237. The van der Waals surface area contributed by atoms with Crippen LogP contribution in [0.2, 0.25) is 0 Å². The predicted molar refractivity (Wildman–Crippen MR) is 257 cm³/mol. The van der Waals surface area contributed by atoms with Crippen LogP contribution in [-0.4, -0.2) is 37.2 Å². The maximum atomic E-state index is 12.8. The topological polar surface area (TPSA) is 78.9 Å². The quantitative estimate of drug-likeness (QED) is 0.0345. The summed E-state index contributed by atoms with van der Waals surface area (Å²) in [7, 11) is 0. The van der Waals surface area contributed by atoms with Crippen molar-refractivity contribution >= 4 is 17.9 Å². The Morgan fingerprint density at radius 3 is 0.817 bits per heavy atom. The van der Waals surface area contributed by atoms with Crippen LogP contribution in [0.4, 0.5) is 0 Å². The lowest BCUT2D eigenvalue weighted by molar-refractivity contribution is -0.167. The third kappa shape index (κ3) is 47.5. The summed E-state index contributed by atoms with van der Waals surface area (Å²) in [6.07, 6.45) is 50.9. The van der Waals surface area contributed by atoms with E-state index in [0.29, 0.717) is 19.3 Å². The van der Waals surface area contributed by atoms with Crippen molar-refractivity contribution in [3.63, 3.8) is 0 Å². The van der Waals surface area contributed by atoms with E-state index in [1.807, 2.05) is 0 Å². The molecule has 0 aromatic heterocycles. The molecular formula is C54H104O6. The lowest BCUT2D eigenvalue weighted by Crippen LogP contribution is -2.30. The van der Waals surface area contributed by atoms with Crippen LogP contribution in [0.25, 0.3) is 0 Å². The molecule has 0 saturated heterocycles. The number of rotatable bonds is 49. The van der Waals surface area contributed by atoms with Gasteiger partial charge in [0.25, 0.3) is 0 Å². The van der Waals surface area contributed by atoms with Crippen LogP contribution in [0.15, 0.2) is 0 Å². The molecule has 0 unspecified atom stereocenters. The molecule has 0 radical (unpaired) electrons. The van der Waals surface area contributed by atoms with E-state index in [1.54, 1.807) is 0 Å². The Hall–Kier alpha value is -1.59. The molecule has 60 heavy (non-hydrogen) atoms. The van der Waals surface area contributed by atoms with Crippen LogP contribution < -0.4 is 0 Å². The molecule has 356 valence electrons. The fourth-order valence-corrected chi connectivity index (χ4v) is 8.22. The standard InChI is InChI=1S/C54H104O6/c1-5-7-9-11-13-15-17-19-20-21-22-23-25-29-33-37-41-45-52(55)58-48-51(60-54(57)47-43-39-35-31-24-18-16-14-12-10-8-6-2)49-59-53(56)46-42-38-34-30-27-26-28-32-36-40-44-50(3)4/h50-51H,5-49H2,1-4H3/t51-/m1/s1. The number of esters is 3. The second-order valence-corrected chi connectivity index (χ2v) is 19.0. The van der Waals surface area contributed by atoms with Crippen molar-refractivity contribution in [2.24, 2.45) is 5.92 Å². The highest BCUT2D eigenvalue weighted by Gasteiger charge is 2.19. The van der Waals surface area contributed by atoms with Gasteiger partial charge < -0.3 is 14.2 Å². The smallest absolute Gasteiger partial charge is 0.306 e. The maximum absolute atomic E-state index is 12.8. The van der Waals surface area contributed by atoms with Crippen molar-refractivity contribution in [3.8, 4) is 0 Å². The van der Waals surface area contributed by atoms with E-state index >= 15 is 0 Å². The molecule has 0 bridgehead atoms. The van der Waals surface area contributed by atoms with Gasteiger partial charge in [-0.1, -0.05) is 265 Å². The molecule has 0 heterocycles. The van der Waals surface area contributed by atoms with Gasteiger partial charge >= 0.3 is 17.9 Å². The van der Waals surface area contributed by atoms with Gasteiger partial charge in [0, 0.05) is 19.3 Å². The van der Waals surface area contributed by atoms with E-state index in [9.17, 15) is 14.4 Å². The van der Waals surface area contributed by atoms with Crippen molar-refractivity contribution in [2.75, 3.05) is 13.2 Å². The van der Waals surface area contributed by atoms with Crippen LogP contribution in [0.3, 0.4) is 0 Å². The van der Waals surface area contributed by atoms with Gasteiger partial charge in [-0.15, -0.1) is 0 Å². The first-order chi connectivity index (χ1) is 29.4. The van der Waals surface area contributed by atoms with Crippen molar-refractivity contribution in [3.05, 3.63) is 0 Å². The predicted octanol–water partition coefficient (Wildman–Crippen LogP) is 17.5. The second kappa shape index (κ2) is 48.4. The van der Waals surface area contributed by atoms with E-state index in [1.165, 1.54) is 199 Å². The average Bonchev–Trinajstić information content (AvgIpc) is 3.23. The normalized spacial score (nSPS) is 11.9. The first-order valence-electron chi connectivity index (χ1n) is 26.9. The van der Waals surface area contributed by atoms with Gasteiger partial charge in [0.15, 0.2) is 6.10 Å². The Kier molecular flexibility index (Phi) is 47.2. The Morgan fingerprint density at radius 1 is 0.317 bits per heavy atom. The van der Waals surface area contributed by atoms with E-state index in [4.69, 9.17) is 14.2 Å². The third-order valence-corrected chi connectivity index (χ3v) is 12.3. The summed E-state index contributed by atoms with van der Waals surface area (Å²) in [4.78, 5) is 38.0. The zero-order valence-corrected chi connectivity index (χ0v) is 40.9. The second-order valence-electron chi connectivity index (χ2n) is 19.0. The lowest BCUT2D eigenvalue weighted by atomic mass is 10.0. The Morgan fingerprint density at radius 2 is 0.550 bits per heavy atom. The van der Waals surface area contributed by atoms with Crippen LogP contribution in [-0.2, 0) is 28.6 Å². The monoisotopic (exact) mass is 849 g/mol. The number of carbonyl (C=O) groups is 3. The minimum absolute atomic E-state index is 0.0625. The fraction of sp³-hybridized carbons (Fsp3) is 0.944. The van der Waals surface area contributed by atoms with Gasteiger partial charge in [0.05, 0.1) is 0 Å². The Bertz CT molecular complexity index is 903. The summed E-state index contributed by atoms with van der Waals surface area (Å²) in [5.41, 5.74) is 0. The van der Waals surface area contributed by atoms with Crippen molar-refractivity contribution in [2.45, 2.75) is 310 Å². The highest BCUT2D eigenvalue weighted by atomic mass is 16.6. The first-order valence-corrected chi connectivity index (χ1v) is 26.9. The molecule has 0 spiro atoms. The lowest BCUT2D eigenvalue weighted by Gasteiger charge is -2.18. The van der Waals surface area contributed by atoms with Gasteiger partial charge in [-0.05, 0) is 25.2 Å². The molecule has 0 fully saturated rings. The molecule has 0 N–H and O–H groups in total. The SMILES string of the molecule is CCCCCCCCCCCCCCCCCCCC(=O)OC[C@H](COC(=O)CCCCCCCCCCCCC(C)C)OC(=O)CCCCCCCCCCCCCC. The molecule has 0 rings (SSSR count). The minimum atomic E-state index is -0.761. The Balaban J connectivity index is 4.28. The molecule has 0 aromatic rings. The van der Waals surface area contributed by atoms with Crippen LogP contribution in [0, 0.1) is 5.92 Å². The van der Waals surface area contributed by atoms with Crippen LogP contribution in [0.5, 0.6) is 0 Å². The average molecular weight is 849 g/mol. The van der Waals surface area contributed by atoms with E-state index in [-0.39, 0.29) is 31.1 Å². The minimum Gasteiger partial charge on any atom is -0.462 e. The number of hydrogen-bond acceptors (Lipinski definition) is 6. The first kappa shape index (κ1) is 58.4. The molecule has 0 aromatic carbocycles. The molecule has 0 amide bonds. The maximum Gasteiger partial charge on any atom is 0.306 e. The number of carbonyl (C=O) groups excluding carboxylic acids is 3. The van der Waals surface area contributed by atoms with Crippen LogP contribution >= 0.6 is 0 Å². The number of unbranched alkanes of at least 4 members (excludes halogenated alkanes) is 36. The molecule has 1 atom stereocenters. The third-order valence-electron chi connectivity index (χ3n) is 12.3. The highest BCUT2D eigenvalue weighted by molar-refractivity contribution is 5.71. The van der Waals surface area contributed by atoms with Gasteiger partial charge in [-0.25, -0.2) is 0 Å². The van der Waals surface area contributed by atoms with Gasteiger partial charge in [0.2, 0.25) is 0 Å². The van der Waals surface area contributed by atoms with Crippen molar-refractivity contribution < 1.29 is 28.6 Å². The van der Waals surface area contributed by atoms with Crippen molar-refractivity contribution in [1.29, 1.82) is 0 Å². The zero-order valence-electron chi connectivity index (χ0n) is 40.9. The van der Waals surface area contributed by atoms with Gasteiger partial charge in [-0.2, -0.15) is 0 Å². The number of ether oxygens (including phenoxy) is 3. The Labute approximate surface area is 374 Å². The summed E-state index contributed by atoms with van der Waals surface area (Å²) in [5, 5.41) is 0. The number of hydrogen-bond donors (Lipinski definition) is 0. The van der Waals surface area contributed by atoms with E-state index in [2.05, 4.69) is 27.7 Å². The van der Waals surface area contributed by atoms with Crippen LogP contribution in [0.1, 0.15) is 304 Å². The molecular weight excluding hydrogens is 745 g/mol. The van der Waals surface area contributed by atoms with Gasteiger partial charge in [-0.3, -0.25) is 14.4 Å². The summed E-state index contributed by atoms with van der Waals surface area (Å²) >= 11 is 0. The summed E-state index contributed by atoms with van der Waals surface area (Å²) in [6.45, 7) is 9.02. The molecule has 0 aliphatic heterocycles. The fourth-order valence-electron chi connectivity index (χ4n) is 8.22. The summed E-state index contributed by atoms with van der Waals surface area (Å²) in [6, 6.07) is 0. The molecule has 6 nitrogen and oxygen atoms in total. The largest absolute Gasteiger partial charge is 0.462 e. The van der Waals surface area contributed by atoms with Gasteiger partial charge in [0.1, 0.15) is 13.2 Å². The summed E-state index contributed by atoms with van der Waals surface area (Å²) < 4.78 is 16.8. The van der Waals surface area contributed by atoms with Crippen molar-refractivity contribution in [1.82, 2.24) is 0 Å². The molecule has 0 aliphatic carbocycles. The highest BCUT2D eigenvalue weighted by Crippen LogP contribution is 2.17. The van der Waals surface area contributed by atoms with E-state index in [0.717, 1.165) is 63.7 Å². The zero-order chi connectivity index (χ0) is 43.8. The molecule has 0 aliphatic rings. The molecule has 6 heteroatoms.